The first-order valence-electron chi connectivity index (χ1n) is 9.67. The first-order valence-corrected chi connectivity index (χ1v) is 10.5. The van der Waals surface area contributed by atoms with Gasteiger partial charge in [0.1, 0.15) is 16.7 Å². The highest BCUT2D eigenvalue weighted by atomic mass is 32.2. The fourth-order valence-corrected chi connectivity index (χ4v) is 4.23. The van der Waals surface area contributed by atoms with Gasteiger partial charge in [0.25, 0.3) is 5.69 Å². The average molecular weight is 442 g/mol. The zero-order valence-electron chi connectivity index (χ0n) is 17.1. The minimum Gasteiger partial charge on any atom is -0.494 e. The Labute approximate surface area is 183 Å². The van der Waals surface area contributed by atoms with Crippen LogP contribution in [0.4, 0.5) is 17.1 Å². The predicted molar refractivity (Wildman–Crippen MR) is 120 cm³/mol. The summed E-state index contributed by atoms with van der Waals surface area (Å²) in [6.45, 7) is 2.45. The normalized spacial score (nSPS) is 17.1. The van der Waals surface area contributed by atoms with Crippen LogP contribution in [-0.4, -0.2) is 45.7 Å². The zero-order valence-corrected chi connectivity index (χ0v) is 17.9. The molecule has 1 aliphatic heterocycles. The molecule has 31 heavy (non-hydrogen) atoms. The van der Waals surface area contributed by atoms with Crippen molar-refractivity contribution in [2.24, 2.45) is 4.99 Å². The topological polar surface area (TPSA) is 114 Å². The summed E-state index contributed by atoms with van der Waals surface area (Å²) >= 11 is 1.23. The van der Waals surface area contributed by atoms with Crippen molar-refractivity contribution in [2.45, 2.75) is 25.0 Å². The van der Waals surface area contributed by atoms with E-state index in [-0.39, 0.29) is 18.0 Å². The fraction of sp³-hybridized carbons (Fsp3) is 0.286. The summed E-state index contributed by atoms with van der Waals surface area (Å²) in [5.74, 6) is 0.00221. The molecule has 2 aromatic carbocycles. The largest absolute Gasteiger partial charge is 0.494 e. The van der Waals surface area contributed by atoms with Crippen molar-refractivity contribution in [1.82, 2.24) is 4.90 Å². The molecule has 0 unspecified atom stereocenters. The molecular formula is C21H22N4O5S. The number of hydrogen-bond acceptors (Lipinski definition) is 7. The summed E-state index contributed by atoms with van der Waals surface area (Å²) in [4.78, 5) is 42.0. The van der Waals surface area contributed by atoms with Gasteiger partial charge in [-0.1, -0.05) is 36.9 Å². The molecule has 162 valence electrons. The molecule has 1 heterocycles. The number of nitro benzene ring substituents is 1. The molecule has 0 saturated carbocycles. The van der Waals surface area contributed by atoms with Gasteiger partial charge in [0.15, 0.2) is 5.17 Å². The summed E-state index contributed by atoms with van der Waals surface area (Å²) in [7, 11) is 1.55. The third kappa shape index (κ3) is 5.40. The Balaban J connectivity index is 1.75. The van der Waals surface area contributed by atoms with Gasteiger partial charge in [0, 0.05) is 30.8 Å². The maximum absolute atomic E-state index is 12.9. The molecule has 1 atom stereocenters. The standard InChI is InChI=1S/C21H22N4O5S/c1-3-11-24-20(27)18(31-21(24)23-16-9-4-5-10-17(16)30-2)13-19(26)22-14-7-6-8-15(12-14)25(28)29/h4-10,12,18H,3,11,13H2,1-2H3,(H,22,26)/t18-/m1/s1. The number of benzene rings is 2. The molecule has 1 saturated heterocycles. The molecule has 2 aromatic rings. The van der Waals surface area contributed by atoms with Crippen molar-refractivity contribution in [3.05, 3.63) is 58.6 Å². The minimum absolute atomic E-state index is 0.0721. The molecule has 3 rings (SSSR count). The van der Waals surface area contributed by atoms with E-state index in [4.69, 9.17) is 4.74 Å². The van der Waals surface area contributed by atoms with Crippen LogP contribution < -0.4 is 10.1 Å². The number of nitrogens with zero attached hydrogens (tertiary/aromatic N) is 3. The van der Waals surface area contributed by atoms with Crippen molar-refractivity contribution in [2.75, 3.05) is 19.0 Å². The molecule has 1 N–H and O–H groups in total. The number of para-hydroxylation sites is 2. The number of non-ortho nitro benzene ring substituents is 1. The SMILES string of the molecule is CCCN1C(=O)[C@@H](CC(=O)Nc2cccc([N+](=O)[O-])c2)SC1=Nc1ccccc1OC. The molecule has 0 aromatic heterocycles. The molecule has 10 heteroatoms. The number of nitro groups is 1. The van der Waals surface area contributed by atoms with Crippen LogP contribution in [0.2, 0.25) is 0 Å². The number of thioether (sulfide) groups is 1. The van der Waals surface area contributed by atoms with Gasteiger partial charge in [-0.3, -0.25) is 24.6 Å². The molecule has 1 aliphatic rings. The number of amidine groups is 1. The smallest absolute Gasteiger partial charge is 0.271 e. The first-order chi connectivity index (χ1) is 14.9. The Kier molecular flexibility index (Phi) is 7.24. The number of anilines is 1. The monoisotopic (exact) mass is 442 g/mol. The van der Waals surface area contributed by atoms with E-state index in [1.54, 1.807) is 30.2 Å². The number of amides is 2. The van der Waals surface area contributed by atoms with Crippen LogP contribution >= 0.6 is 11.8 Å². The van der Waals surface area contributed by atoms with Gasteiger partial charge in [0.05, 0.1) is 12.0 Å². The molecule has 9 nitrogen and oxygen atoms in total. The number of carbonyl (C=O) groups excluding carboxylic acids is 2. The number of aliphatic imine (C=N–C) groups is 1. The van der Waals surface area contributed by atoms with Crippen LogP contribution in [0.25, 0.3) is 0 Å². The Morgan fingerprint density at radius 3 is 2.77 bits per heavy atom. The second-order valence-corrected chi connectivity index (χ2v) is 7.89. The van der Waals surface area contributed by atoms with Crippen molar-refractivity contribution in [3.8, 4) is 5.75 Å². The van der Waals surface area contributed by atoms with Crippen LogP contribution in [-0.2, 0) is 9.59 Å². The number of methoxy groups -OCH3 is 1. The van der Waals surface area contributed by atoms with Gasteiger partial charge in [-0.2, -0.15) is 0 Å². The van der Waals surface area contributed by atoms with Gasteiger partial charge < -0.3 is 10.1 Å². The predicted octanol–water partition coefficient (Wildman–Crippen LogP) is 3.97. The summed E-state index contributed by atoms with van der Waals surface area (Å²) in [6.07, 6.45) is 0.668. The summed E-state index contributed by atoms with van der Waals surface area (Å²) in [5.41, 5.74) is 0.788. The van der Waals surface area contributed by atoms with E-state index in [1.807, 2.05) is 19.1 Å². The third-order valence-corrected chi connectivity index (χ3v) is 5.66. The highest BCUT2D eigenvalue weighted by Crippen LogP contribution is 2.34. The Morgan fingerprint density at radius 2 is 2.06 bits per heavy atom. The van der Waals surface area contributed by atoms with E-state index in [2.05, 4.69) is 10.3 Å². The van der Waals surface area contributed by atoms with E-state index < -0.39 is 16.1 Å². The van der Waals surface area contributed by atoms with Crippen LogP contribution in [0.15, 0.2) is 53.5 Å². The van der Waals surface area contributed by atoms with Gasteiger partial charge in [-0.25, -0.2) is 4.99 Å². The first kappa shape index (κ1) is 22.3. The lowest BCUT2D eigenvalue weighted by Crippen LogP contribution is -2.34. The Morgan fingerprint density at radius 1 is 1.29 bits per heavy atom. The summed E-state index contributed by atoms with van der Waals surface area (Å²) in [5, 5.41) is 13.4. The minimum atomic E-state index is -0.626. The highest BCUT2D eigenvalue weighted by Gasteiger charge is 2.38. The van der Waals surface area contributed by atoms with Crippen LogP contribution in [0.5, 0.6) is 5.75 Å². The lowest BCUT2D eigenvalue weighted by molar-refractivity contribution is -0.384. The number of nitrogens with one attached hydrogen (secondary N) is 1. The fourth-order valence-electron chi connectivity index (χ4n) is 3.06. The quantitative estimate of drug-likeness (QED) is 0.489. The van der Waals surface area contributed by atoms with Gasteiger partial charge >= 0.3 is 0 Å². The van der Waals surface area contributed by atoms with E-state index in [9.17, 15) is 19.7 Å². The summed E-state index contributed by atoms with van der Waals surface area (Å²) in [6, 6.07) is 12.9. The second kappa shape index (κ2) is 10.1. The maximum atomic E-state index is 12.9. The molecule has 2 amide bonds. The zero-order chi connectivity index (χ0) is 22.4. The van der Waals surface area contributed by atoms with Crippen LogP contribution in [0.1, 0.15) is 19.8 Å². The number of ether oxygens (including phenoxy) is 1. The highest BCUT2D eigenvalue weighted by molar-refractivity contribution is 8.15. The molecule has 0 radical (unpaired) electrons. The molecule has 1 fully saturated rings. The second-order valence-electron chi connectivity index (χ2n) is 6.72. The van der Waals surface area contributed by atoms with Crippen molar-refractivity contribution >= 4 is 45.8 Å². The third-order valence-electron chi connectivity index (χ3n) is 4.48. The summed E-state index contributed by atoms with van der Waals surface area (Å²) < 4.78 is 5.33. The van der Waals surface area contributed by atoms with Crippen molar-refractivity contribution in [1.29, 1.82) is 0 Å². The van der Waals surface area contributed by atoms with Crippen molar-refractivity contribution in [3.63, 3.8) is 0 Å². The van der Waals surface area contributed by atoms with Gasteiger partial charge in [-0.15, -0.1) is 0 Å². The lowest BCUT2D eigenvalue weighted by atomic mass is 10.2. The van der Waals surface area contributed by atoms with Crippen molar-refractivity contribution < 1.29 is 19.2 Å². The van der Waals surface area contributed by atoms with E-state index in [1.165, 1.54) is 30.0 Å². The molecule has 0 spiro atoms. The van der Waals surface area contributed by atoms with Crippen LogP contribution in [0, 0.1) is 10.1 Å². The number of hydrogen-bond donors (Lipinski definition) is 1. The van der Waals surface area contributed by atoms with Crippen LogP contribution in [0.3, 0.4) is 0 Å². The Bertz CT molecular complexity index is 1030. The van der Waals surface area contributed by atoms with E-state index in [0.717, 1.165) is 6.42 Å². The van der Waals surface area contributed by atoms with E-state index >= 15 is 0 Å². The van der Waals surface area contributed by atoms with E-state index in [0.29, 0.717) is 28.8 Å². The number of carbonyl (C=O) groups is 2. The number of rotatable bonds is 8. The van der Waals surface area contributed by atoms with Gasteiger partial charge in [-0.05, 0) is 24.6 Å². The molecule has 0 aliphatic carbocycles. The lowest BCUT2D eigenvalue weighted by Gasteiger charge is -2.15. The Hall–Kier alpha value is -3.40. The molecular weight excluding hydrogens is 420 g/mol. The molecule has 0 bridgehead atoms. The maximum Gasteiger partial charge on any atom is 0.271 e. The van der Waals surface area contributed by atoms with Gasteiger partial charge in [0.2, 0.25) is 11.8 Å². The average Bonchev–Trinajstić information content (AvgIpc) is 3.03.